The molecule has 0 fully saturated rings. The van der Waals surface area contributed by atoms with Gasteiger partial charge in [0.2, 0.25) is 0 Å². The zero-order valence-corrected chi connectivity index (χ0v) is 28.3. The molecule has 5 aromatic carbocycles. The minimum atomic E-state index is -0.364. The largest absolute Gasteiger partial charge is 0.494 e. The second-order valence-electron chi connectivity index (χ2n) is 12.8. The van der Waals surface area contributed by atoms with Gasteiger partial charge in [-0.15, -0.1) is 0 Å². The first-order valence-corrected chi connectivity index (χ1v) is 16.5. The molecule has 242 valence electrons. The van der Waals surface area contributed by atoms with E-state index >= 15 is 0 Å². The van der Waals surface area contributed by atoms with E-state index in [1.807, 2.05) is 24.3 Å². The first-order valence-electron chi connectivity index (χ1n) is 16.5. The molecule has 4 heteroatoms. The van der Waals surface area contributed by atoms with Gasteiger partial charge in [0.15, 0.2) is 0 Å². The number of rotatable bonds is 10. The molecule has 48 heavy (non-hydrogen) atoms. The van der Waals surface area contributed by atoms with Crippen molar-refractivity contribution in [3.63, 3.8) is 0 Å². The Morgan fingerprint density at radius 3 is 1.79 bits per heavy atom. The molecule has 0 atom stereocenters. The van der Waals surface area contributed by atoms with Gasteiger partial charge < -0.3 is 14.2 Å². The summed E-state index contributed by atoms with van der Waals surface area (Å²) in [7, 11) is 0. The van der Waals surface area contributed by atoms with E-state index < -0.39 is 0 Å². The van der Waals surface area contributed by atoms with Crippen molar-refractivity contribution in [3.8, 4) is 35.2 Å². The van der Waals surface area contributed by atoms with E-state index in [1.165, 1.54) is 6.08 Å². The van der Waals surface area contributed by atoms with Crippen LogP contribution in [-0.2, 0) is 9.53 Å². The van der Waals surface area contributed by atoms with Crippen LogP contribution >= 0.6 is 0 Å². The van der Waals surface area contributed by atoms with E-state index in [1.54, 1.807) is 0 Å². The maximum Gasteiger partial charge on any atom is 0.330 e. The molecule has 0 aliphatic carbocycles. The van der Waals surface area contributed by atoms with E-state index in [0.717, 1.165) is 86.5 Å². The molecule has 0 saturated carbocycles. The van der Waals surface area contributed by atoms with Crippen molar-refractivity contribution < 1.29 is 19.0 Å². The minimum Gasteiger partial charge on any atom is -0.494 e. The molecule has 0 radical (unpaired) electrons. The topological polar surface area (TPSA) is 44.8 Å². The van der Waals surface area contributed by atoms with Crippen LogP contribution in [0.3, 0.4) is 0 Å². The van der Waals surface area contributed by atoms with Crippen LogP contribution < -0.4 is 9.47 Å². The fourth-order valence-electron chi connectivity index (χ4n) is 5.25. The van der Waals surface area contributed by atoms with Gasteiger partial charge in [0.25, 0.3) is 0 Å². The highest BCUT2D eigenvalue weighted by Gasteiger charge is 2.12. The van der Waals surface area contributed by atoms with Gasteiger partial charge in [-0.3, -0.25) is 0 Å². The van der Waals surface area contributed by atoms with Crippen molar-refractivity contribution in [1.29, 1.82) is 0 Å². The van der Waals surface area contributed by atoms with Gasteiger partial charge in [0, 0.05) is 28.3 Å². The summed E-state index contributed by atoms with van der Waals surface area (Å²) in [5.74, 6) is 14.7. The molecule has 0 aliphatic heterocycles. The maximum absolute atomic E-state index is 11.1. The summed E-state index contributed by atoms with van der Waals surface area (Å²) in [6.45, 7) is 12.7. The predicted molar refractivity (Wildman–Crippen MR) is 197 cm³/mol. The molecule has 0 aliphatic rings. The smallest absolute Gasteiger partial charge is 0.330 e. The van der Waals surface area contributed by atoms with Gasteiger partial charge in [-0.1, -0.05) is 54.5 Å². The second kappa shape index (κ2) is 15.9. The second-order valence-corrected chi connectivity index (χ2v) is 12.8. The summed E-state index contributed by atoms with van der Waals surface area (Å²) in [6.07, 6.45) is 5.02. The van der Waals surface area contributed by atoms with Crippen LogP contribution in [0.4, 0.5) is 0 Å². The lowest BCUT2D eigenvalue weighted by Crippen LogP contribution is -2.22. The summed E-state index contributed by atoms with van der Waals surface area (Å²) in [6, 6.07) is 31.0. The zero-order valence-electron chi connectivity index (χ0n) is 28.3. The van der Waals surface area contributed by atoms with Crippen LogP contribution in [0.15, 0.2) is 104 Å². The van der Waals surface area contributed by atoms with Gasteiger partial charge in [-0.05, 0) is 147 Å². The predicted octanol–water partition coefficient (Wildman–Crippen LogP) is 9.95. The Bertz CT molecular complexity index is 2060. The Morgan fingerprint density at radius 1 is 0.646 bits per heavy atom. The highest BCUT2D eigenvalue weighted by molar-refractivity contribution is 5.86. The molecule has 0 amide bonds. The normalized spacial score (nSPS) is 10.8. The summed E-state index contributed by atoms with van der Waals surface area (Å²) < 4.78 is 17.0. The van der Waals surface area contributed by atoms with Gasteiger partial charge in [-0.25, -0.2) is 4.79 Å². The van der Waals surface area contributed by atoms with Crippen molar-refractivity contribution in [3.05, 3.63) is 131 Å². The number of fused-ring (bicyclic) bond motifs is 2. The third-order valence-corrected chi connectivity index (χ3v) is 7.68. The average molecular weight is 635 g/mol. The fraction of sp³-hybridized carbons (Fsp3) is 0.250. The molecule has 4 nitrogen and oxygen atoms in total. The van der Waals surface area contributed by atoms with Crippen LogP contribution in [0.2, 0.25) is 0 Å². The number of hydrogen-bond acceptors (Lipinski definition) is 4. The Morgan fingerprint density at radius 2 is 1.17 bits per heavy atom. The first-order chi connectivity index (χ1) is 23.1. The number of esters is 1. The van der Waals surface area contributed by atoms with E-state index in [0.29, 0.717) is 13.2 Å². The third-order valence-electron chi connectivity index (χ3n) is 7.68. The molecule has 5 rings (SSSR count). The van der Waals surface area contributed by atoms with E-state index in [2.05, 4.69) is 125 Å². The van der Waals surface area contributed by atoms with Gasteiger partial charge in [0.1, 0.15) is 17.1 Å². The summed E-state index contributed by atoms with van der Waals surface area (Å²) in [4.78, 5) is 11.1. The van der Waals surface area contributed by atoms with Crippen LogP contribution in [0.1, 0.15) is 74.3 Å². The molecule has 5 aromatic rings. The minimum absolute atomic E-state index is 0.230. The number of benzene rings is 5. The van der Waals surface area contributed by atoms with Crippen molar-refractivity contribution in [2.24, 2.45) is 0 Å². The van der Waals surface area contributed by atoms with Crippen molar-refractivity contribution in [1.82, 2.24) is 0 Å². The third kappa shape index (κ3) is 10.0. The lowest BCUT2D eigenvalue weighted by Gasteiger charge is -2.21. The lowest BCUT2D eigenvalue weighted by molar-refractivity contribution is -0.137. The lowest BCUT2D eigenvalue weighted by atomic mass is 10.0. The van der Waals surface area contributed by atoms with E-state index in [4.69, 9.17) is 14.2 Å². The number of unbranched alkanes of at least 4 members (excludes halogenated alkanes) is 3. The summed E-state index contributed by atoms with van der Waals surface area (Å²) >= 11 is 0. The van der Waals surface area contributed by atoms with Crippen LogP contribution in [0.25, 0.3) is 21.5 Å². The Labute approximate surface area is 284 Å². The molecule has 0 unspecified atom stereocenters. The standard InChI is InChI=1S/C44H42O4/c1-6-43(45)47-26-10-8-7-9-25-46-41-23-21-37-29-35(16-19-39(37)30-41)14-18-36-17-13-33(27-32(36)2)11-12-34-15-20-40-31-42(48-44(3,4)5)24-22-38(40)28-34/h6,13,15-17,19-24,27-31H,1,7-10,25-26H2,2-5H3. The molecule has 0 N–H and O–H groups in total. The highest BCUT2D eigenvalue weighted by atomic mass is 16.5. The van der Waals surface area contributed by atoms with Crippen molar-refractivity contribution >= 4 is 27.5 Å². The highest BCUT2D eigenvalue weighted by Crippen LogP contribution is 2.25. The Balaban J connectivity index is 1.15. The molecule has 0 saturated heterocycles. The zero-order chi connectivity index (χ0) is 33.9. The van der Waals surface area contributed by atoms with Gasteiger partial charge in [0.05, 0.1) is 13.2 Å². The Hall–Kier alpha value is -5.45. The van der Waals surface area contributed by atoms with E-state index in [9.17, 15) is 4.79 Å². The molecule has 0 spiro atoms. The molecule has 0 heterocycles. The number of carbonyl (C=O) groups excluding carboxylic acids is 1. The monoisotopic (exact) mass is 634 g/mol. The first kappa shape index (κ1) is 33.9. The van der Waals surface area contributed by atoms with E-state index in [-0.39, 0.29) is 11.6 Å². The van der Waals surface area contributed by atoms with Gasteiger partial charge >= 0.3 is 5.97 Å². The number of aryl methyl sites for hydroxylation is 1. The van der Waals surface area contributed by atoms with Crippen molar-refractivity contribution in [2.75, 3.05) is 13.2 Å². The molecular formula is C44H42O4. The molecular weight excluding hydrogens is 592 g/mol. The number of ether oxygens (including phenoxy) is 3. The SMILES string of the molecule is C=CC(=O)OCCCCCCOc1ccc2cc(C#Cc3ccc(C#Cc4ccc5cc(OC(C)(C)C)ccc5c4)cc3C)ccc2c1. The number of hydrogen-bond donors (Lipinski definition) is 0. The quantitative estimate of drug-likeness (QED) is 0.0664. The Kier molecular flexibility index (Phi) is 11.2. The average Bonchev–Trinajstić information content (AvgIpc) is 3.07. The maximum atomic E-state index is 11.1. The fourth-order valence-corrected chi connectivity index (χ4v) is 5.25. The van der Waals surface area contributed by atoms with Crippen molar-refractivity contribution in [2.45, 2.75) is 59.0 Å². The van der Waals surface area contributed by atoms with Crippen LogP contribution in [-0.4, -0.2) is 24.8 Å². The summed E-state index contributed by atoms with van der Waals surface area (Å²) in [5, 5.41) is 4.51. The molecule has 0 aromatic heterocycles. The van der Waals surface area contributed by atoms with Crippen LogP contribution in [0, 0.1) is 30.6 Å². The van der Waals surface area contributed by atoms with Crippen LogP contribution in [0.5, 0.6) is 11.5 Å². The van der Waals surface area contributed by atoms with Gasteiger partial charge in [-0.2, -0.15) is 0 Å². The number of carbonyl (C=O) groups is 1. The summed E-state index contributed by atoms with van der Waals surface area (Å²) in [5.41, 5.74) is 4.75. The molecule has 0 bridgehead atoms.